The fourth-order valence-electron chi connectivity index (χ4n) is 2.62. The normalized spacial score (nSPS) is 20.7. The Morgan fingerprint density at radius 2 is 1.75 bits per heavy atom. The lowest BCUT2D eigenvalue weighted by Crippen LogP contribution is -2.58. The minimum atomic E-state index is -0.197. The van der Waals surface area contributed by atoms with Crippen molar-refractivity contribution in [2.45, 2.75) is 31.9 Å². The maximum atomic E-state index is 5.98. The summed E-state index contributed by atoms with van der Waals surface area (Å²) < 4.78 is 16.5. The minimum absolute atomic E-state index is 0.197. The lowest BCUT2D eigenvalue weighted by Gasteiger charge is -2.43. The fraction of sp³-hybridized carbons (Fsp3) is 0.529. The van der Waals surface area contributed by atoms with Crippen LogP contribution in [0, 0.1) is 0 Å². The number of unbranched alkanes of at least 4 members (excludes halogenated alkanes) is 1. The molecule has 0 aliphatic carbocycles. The Bertz CT molecular complexity index is 610. The standard InChI is InChI=1S/C17H22Br4NO2/c1-17(7-6-15(21)24-17)22(2,3)8-4-5-9-23-16-13(19)10-12(18)11-14(16)20/h6,10-11H,4-5,7-9H2,1-3H3/q+1. The lowest BCUT2D eigenvalue weighted by atomic mass is 10.1. The van der Waals surface area contributed by atoms with E-state index < -0.39 is 0 Å². The molecule has 1 aromatic carbocycles. The van der Waals surface area contributed by atoms with Gasteiger partial charge in [-0.2, -0.15) is 0 Å². The van der Waals surface area contributed by atoms with Crippen molar-refractivity contribution in [3.63, 3.8) is 0 Å². The second-order valence-corrected chi connectivity index (χ2v) is 10.1. The van der Waals surface area contributed by atoms with E-state index in [1.54, 1.807) is 0 Å². The second-order valence-electron chi connectivity index (χ2n) is 6.65. The average Bonchev–Trinajstić information content (AvgIpc) is 2.82. The Labute approximate surface area is 177 Å². The van der Waals surface area contributed by atoms with Gasteiger partial charge in [-0.25, -0.2) is 0 Å². The highest BCUT2D eigenvalue weighted by Gasteiger charge is 2.45. The number of rotatable bonds is 7. The molecule has 0 N–H and O–H groups in total. The van der Waals surface area contributed by atoms with Gasteiger partial charge in [-0.05, 0) is 78.8 Å². The zero-order chi connectivity index (χ0) is 18.0. The van der Waals surface area contributed by atoms with Gasteiger partial charge in [0.15, 0.2) is 4.67 Å². The maximum absolute atomic E-state index is 5.98. The van der Waals surface area contributed by atoms with E-state index >= 15 is 0 Å². The van der Waals surface area contributed by atoms with Crippen LogP contribution in [0.25, 0.3) is 0 Å². The van der Waals surface area contributed by atoms with Crippen LogP contribution < -0.4 is 4.74 Å². The highest BCUT2D eigenvalue weighted by atomic mass is 79.9. The van der Waals surface area contributed by atoms with Gasteiger partial charge >= 0.3 is 0 Å². The summed E-state index contributed by atoms with van der Waals surface area (Å²) in [5.41, 5.74) is -0.197. The Balaban J connectivity index is 1.79. The molecule has 134 valence electrons. The number of hydrogen-bond donors (Lipinski definition) is 0. The summed E-state index contributed by atoms with van der Waals surface area (Å²) in [5, 5.41) is 0. The minimum Gasteiger partial charge on any atom is -0.491 e. The molecule has 3 nitrogen and oxygen atoms in total. The van der Waals surface area contributed by atoms with Crippen LogP contribution in [0.15, 0.2) is 36.3 Å². The number of hydrogen-bond acceptors (Lipinski definition) is 2. The molecule has 2 rings (SSSR count). The van der Waals surface area contributed by atoms with Gasteiger partial charge in [0, 0.05) is 11.4 Å². The molecular formula is C17H22Br4NO2+. The highest BCUT2D eigenvalue weighted by molar-refractivity contribution is 9.12. The van der Waals surface area contributed by atoms with E-state index in [-0.39, 0.29) is 5.72 Å². The molecule has 0 amide bonds. The van der Waals surface area contributed by atoms with E-state index in [2.05, 4.69) is 90.8 Å². The van der Waals surface area contributed by atoms with E-state index in [0.717, 1.165) is 54.1 Å². The summed E-state index contributed by atoms with van der Waals surface area (Å²) in [5.74, 6) is 0.853. The van der Waals surface area contributed by atoms with Gasteiger partial charge in [0.2, 0.25) is 5.72 Å². The van der Waals surface area contributed by atoms with Gasteiger partial charge in [0.05, 0.1) is 42.6 Å². The molecule has 1 aliphatic rings. The highest BCUT2D eigenvalue weighted by Crippen LogP contribution is 2.38. The van der Waals surface area contributed by atoms with Crippen LogP contribution >= 0.6 is 63.7 Å². The number of halogens is 4. The molecule has 7 heteroatoms. The Hall–Kier alpha value is 0.440. The third-order valence-electron chi connectivity index (χ3n) is 4.56. The van der Waals surface area contributed by atoms with Gasteiger partial charge < -0.3 is 9.47 Å². The molecule has 1 unspecified atom stereocenters. The Morgan fingerprint density at radius 3 is 2.29 bits per heavy atom. The monoisotopic (exact) mass is 588 g/mol. The second kappa shape index (κ2) is 8.42. The number of ether oxygens (including phenoxy) is 2. The van der Waals surface area contributed by atoms with Crippen LogP contribution in [0.3, 0.4) is 0 Å². The lowest BCUT2D eigenvalue weighted by molar-refractivity contribution is -0.962. The van der Waals surface area contributed by atoms with E-state index in [0.29, 0.717) is 6.61 Å². The average molecular weight is 592 g/mol. The van der Waals surface area contributed by atoms with Gasteiger partial charge in [0.1, 0.15) is 5.75 Å². The SMILES string of the molecule is CC1([N+](C)(C)CCCCOc2c(Br)cc(Br)cc2Br)CC=C(Br)O1. The number of nitrogens with zero attached hydrogens (tertiary/aromatic N) is 1. The van der Waals surface area contributed by atoms with Crippen molar-refractivity contribution in [1.82, 2.24) is 0 Å². The Morgan fingerprint density at radius 1 is 1.12 bits per heavy atom. The van der Waals surface area contributed by atoms with Crippen LogP contribution in [-0.2, 0) is 4.74 Å². The van der Waals surface area contributed by atoms with Crippen molar-refractivity contribution in [3.05, 3.63) is 36.3 Å². The van der Waals surface area contributed by atoms with Gasteiger partial charge in [-0.3, -0.25) is 4.48 Å². The van der Waals surface area contributed by atoms with Crippen LogP contribution in [0.5, 0.6) is 5.75 Å². The summed E-state index contributed by atoms with van der Waals surface area (Å²) in [6, 6.07) is 3.98. The molecule has 1 aromatic rings. The van der Waals surface area contributed by atoms with Crippen molar-refractivity contribution in [2.24, 2.45) is 0 Å². The molecule has 0 saturated heterocycles. The smallest absolute Gasteiger partial charge is 0.244 e. The molecular weight excluding hydrogens is 570 g/mol. The van der Waals surface area contributed by atoms with Crippen LogP contribution in [0.1, 0.15) is 26.2 Å². The van der Waals surface area contributed by atoms with Crippen LogP contribution in [0.2, 0.25) is 0 Å². The first-order chi connectivity index (χ1) is 11.1. The first-order valence-corrected chi connectivity index (χ1v) is 11.0. The molecule has 24 heavy (non-hydrogen) atoms. The van der Waals surface area contributed by atoms with Crippen LogP contribution in [0.4, 0.5) is 0 Å². The maximum Gasteiger partial charge on any atom is 0.244 e. The molecule has 0 aromatic heterocycles. The zero-order valence-corrected chi connectivity index (χ0v) is 20.4. The van der Waals surface area contributed by atoms with Crippen molar-refractivity contribution >= 4 is 63.7 Å². The van der Waals surface area contributed by atoms with Crippen molar-refractivity contribution in [1.29, 1.82) is 0 Å². The van der Waals surface area contributed by atoms with E-state index in [1.807, 2.05) is 12.1 Å². The fourth-order valence-corrected chi connectivity index (χ4v) is 5.62. The van der Waals surface area contributed by atoms with E-state index in [1.165, 1.54) is 0 Å². The molecule has 1 atom stereocenters. The summed E-state index contributed by atoms with van der Waals surface area (Å²) in [6.45, 7) is 3.90. The topological polar surface area (TPSA) is 18.5 Å². The Kier molecular flexibility index (Phi) is 7.28. The largest absolute Gasteiger partial charge is 0.491 e. The summed E-state index contributed by atoms with van der Waals surface area (Å²) in [4.78, 5) is 0. The summed E-state index contributed by atoms with van der Waals surface area (Å²) >= 11 is 14.0. The molecule has 0 radical (unpaired) electrons. The third kappa shape index (κ3) is 5.00. The van der Waals surface area contributed by atoms with Gasteiger partial charge in [-0.15, -0.1) is 0 Å². The predicted octanol–water partition coefficient (Wildman–Crippen LogP) is 6.58. The predicted molar refractivity (Wildman–Crippen MR) is 112 cm³/mol. The molecule has 0 spiro atoms. The molecule has 0 saturated carbocycles. The van der Waals surface area contributed by atoms with Crippen molar-refractivity contribution < 1.29 is 14.0 Å². The number of benzene rings is 1. The third-order valence-corrected chi connectivity index (χ3v) is 6.68. The molecule has 0 bridgehead atoms. The van der Waals surface area contributed by atoms with Crippen molar-refractivity contribution in [3.8, 4) is 5.75 Å². The van der Waals surface area contributed by atoms with E-state index in [9.17, 15) is 0 Å². The zero-order valence-electron chi connectivity index (χ0n) is 14.0. The van der Waals surface area contributed by atoms with E-state index in [4.69, 9.17) is 9.47 Å². The summed E-state index contributed by atoms with van der Waals surface area (Å²) in [6.07, 6.45) is 5.11. The van der Waals surface area contributed by atoms with Gasteiger partial charge in [0.25, 0.3) is 0 Å². The molecule has 1 aliphatic heterocycles. The van der Waals surface area contributed by atoms with Crippen LogP contribution in [-0.4, -0.2) is 37.5 Å². The quantitative estimate of drug-likeness (QED) is 0.263. The summed E-state index contributed by atoms with van der Waals surface area (Å²) in [7, 11) is 4.45. The molecule has 1 heterocycles. The first kappa shape index (κ1) is 20.7. The molecule has 0 fully saturated rings. The number of quaternary nitrogens is 1. The van der Waals surface area contributed by atoms with Crippen molar-refractivity contribution in [2.75, 3.05) is 27.2 Å². The first-order valence-electron chi connectivity index (χ1n) is 7.80. The van der Waals surface area contributed by atoms with Gasteiger partial charge in [-0.1, -0.05) is 15.9 Å².